The molecule has 15 heteroatoms. The van der Waals surface area contributed by atoms with Crippen LogP contribution in [0, 0.1) is 5.41 Å². The Labute approximate surface area is 210 Å². The summed E-state index contributed by atoms with van der Waals surface area (Å²) in [7, 11) is -3.56. The summed E-state index contributed by atoms with van der Waals surface area (Å²) in [6.45, 7) is 5.32. The van der Waals surface area contributed by atoms with Gasteiger partial charge in [0.25, 0.3) is 5.89 Å². The van der Waals surface area contributed by atoms with Gasteiger partial charge in [-0.25, -0.2) is 8.42 Å². The number of nitrogens with one attached hydrogen (secondary N) is 2. The number of ether oxygens (including phenoxy) is 1. The van der Waals surface area contributed by atoms with Crippen molar-refractivity contribution in [3.05, 3.63) is 35.2 Å². The van der Waals surface area contributed by atoms with Crippen LogP contribution in [0.3, 0.4) is 0 Å². The van der Waals surface area contributed by atoms with Crippen molar-refractivity contribution in [1.29, 1.82) is 5.41 Å². The Morgan fingerprint density at radius 1 is 1.25 bits per heavy atom. The monoisotopic (exact) mass is 551 g/mol. The number of hydrogen-bond donors (Lipinski definition) is 2. The first-order valence-corrected chi connectivity index (χ1v) is 12.9. The van der Waals surface area contributed by atoms with Crippen LogP contribution >= 0.6 is 11.6 Å². The van der Waals surface area contributed by atoms with E-state index in [1.165, 1.54) is 24.3 Å². The molecule has 0 unspecified atom stereocenters. The van der Waals surface area contributed by atoms with Gasteiger partial charge in [0.15, 0.2) is 15.5 Å². The molecule has 2 aromatic rings. The zero-order chi connectivity index (χ0) is 27.1. The van der Waals surface area contributed by atoms with Crippen molar-refractivity contribution >= 4 is 38.8 Å². The number of allylic oxidation sites excluding steroid dienone is 1. The standard InChI is InChI=1S/C21H25ClF3N5O5S/c1-4-30(5-2)9-10-34-15(31)12-27-17(16(22)18(26)21(23,24)25)20-29-28-19(35-20)13-7-6-8-14(11-13)36(3,32)33/h6-8,11,26-27H,4-5,9-10,12H2,1-3H3/b17-16+,26-18?. The Hall–Kier alpha value is -2.97. The first-order chi connectivity index (χ1) is 16.8. The van der Waals surface area contributed by atoms with Gasteiger partial charge in [-0.05, 0) is 31.3 Å². The summed E-state index contributed by atoms with van der Waals surface area (Å²) in [5.41, 5.74) is -2.34. The van der Waals surface area contributed by atoms with Gasteiger partial charge in [0.05, 0.1) is 9.93 Å². The van der Waals surface area contributed by atoms with Gasteiger partial charge in [0.1, 0.15) is 18.8 Å². The molecule has 1 heterocycles. The van der Waals surface area contributed by atoms with Crippen LogP contribution in [0.4, 0.5) is 13.2 Å². The van der Waals surface area contributed by atoms with E-state index in [0.717, 1.165) is 19.3 Å². The number of carbonyl (C=O) groups excluding carboxylic acids is 1. The number of sulfone groups is 1. The lowest BCUT2D eigenvalue weighted by Gasteiger charge is -2.17. The van der Waals surface area contributed by atoms with Crippen LogP contribution in [0.1, 0.15) is 19.7 Å². The molecule has 0 atom stereocenters. The van der Waals surface area contributed by atoms with Crippen LogP contribution in [0.2, 0.25) is 0 Å². The number of aromatic nitrogens is 2. The zero-order valence-electron chi connectivity index (χ0n) is 19.6. The lowest BCUT2D eigenvalue weighted by atomic mass is 10.2. The number of likely N-dealkylation sites (N-methyl/N-ethyl adjacent to an activating group) is 1. The van der Waals surface area contributed by atoms with E-state index in [-0.39, 0.29) is 23.0 Å². The first-order valence-electron chi connectivity index (χ1n) is 10.6. The molecule has 2 rings (SSSR count). The van der Waals surface area contributed by atoms with Gasteiger partial charge in [-0.15, -0.1) is 10.2 Å². The average Bonchev–Trinajstić information content (AvgIpc) is 3.30. The third-order valence-electron chi connectivity index (χ3n) is 4.84. The van der Waals surface area contributed by atoms with Crippen molar-refractivity contribution in [3.8, 4) is 11.5 Å². The summed E-state index contributed by atoms with van der Waals surface area (Å²) in [5.74, 6) is -1.56. The second kappa shape index (κ2) is 12.3. The topological polar surface area (TPSA) is 138 Å². The molecule has 0 fully saturated rings. The molecule has 1 aromatic heterocycles. The predicted molar refractivity (Wildman–Crippen MR) is 126 cm³/mol. The molecule has 0 saturated carbocycles. The lowest BCUT2D eigenvalue weighted by molar-refractivity contribution is -0.142. The van der Waals surface area contributed by atoms with Crippen molar-refractivity contribution in [2.75, 3.05) is 39.0 Å². The van der Waals surface area contributed by atoms with Gasteiger partial charge in [0.2, 0.25) is 5.89 Å². The molecule has 0 spiro atoms. The smallest absolute Gasteiger partial charge is 0.434 e. The molecule has 0 aliphatic carbocycles. The molecule has 198 valence electrons. The van der Waals surface area contributed by atoms with Crippen LogP contribution in [0.25, 0.3) is 17.2 Å². The molecule has 0 bridgehead atoms. The minimum atomic E-state index is -5.10. The number of halogens is 4. The van der Waals surface area contributed by atoms with Crippen molar-refractivity contribution in [2.45, 2.75) is 24.9 Å². The Balaban J connectivity index is 2.30. The van der Waals surface area contributed by atoms with Gasteiger partial charge in [0, 0.05) is 18.4 Å². The molecule has 0 saturated heterocycles. The SMILES string of the molecule is CCN(CC)CCOC(=O)CN/C(=C(/Cl)C(=N)C(F)(F)F)c1nnc(-c2cccc(S(C)(=O)=O)c2)o1. The summed E-state index contributed by atoms with van der Waals surface area (Å²) >= 11 is 5.83. The number of rotatable bonds is 12. The molecule has 10 nitrogen and oxygen atoms in total. The largest absolute Gasteiger partial charge is 0.463 e. The number of esters is 1. The van der Waals surface area contributed by atoms with Crippen LogP contribution in [0.15, 0.2) is 38.6 Å². The number of alkyl halides is 3. The maximum absolute atomic E-state index is 13.1. The van der Waals surface area contributed by atoms with E-state index in [2.05, 4.69) is 15.5 Å². The van der Waals surface area contributed by atoms with Crippen molar-refractivity contribution in [3.63, 3.8) is 0 Å². The highest BCUT2D eigenvalue weighted by molar-refractivity contribution is 7.90. The van der Waals surface area contributed by atoms with Crippen molar-refractivity contribution < 1.29 is 35.5 Å². The van der Waals surface area contributed by atoms with E-state index in [9.17, 15) is 26.4 Å². The normalized spacial score (nSPS) is 12.9. The highest BCUT2D eigenvalue weighted by Crippen LogP contribution is 2.29. The first kappa shape index (κ1) is 29.3. The minimum absolute atomic E-state index is 0.0435. The Morgan fingerprint density at radius 3 is 2.50 bits per heavy atom. The Morgan fingerprint density at radius 2 is 1.92 bits per heavy atom. The van der Waals surface area contributed by atoms with E-state index in [1.54, 1.807) is 0 Å². The maximum Gasteiger partial charge on any atom is 0.434 e. The Kier molecular flexibility index (Phi) is 10.0. The van der Waals surface area contributed by atoms with Crippen molar-refractivity contribution in [2.24, 2.45) is 0 Å². The van der Waals surface area contributed by atoms with Gasteiger partial charge in [-0.2, -0.15) is 13.2 Å². The fraction of sp³-hybridized carbons (Fsp3) is 0.429. The zero-order valence-corrected chi connectivity index (χ0v) is 21.2. The van der Waals surface area contributed by atoms with E-state index in [1.807, 2.05) is 18.7 Å². The number of carbonyl (C=O) groups is 1. The van der Waals surface area contributed by atoms with Crippen LogP contribution in [-0.2, 0) is 19.4 Å². The summed E-state index contributed by atoms with van der Waals surface area (Å²) in [4.78, 5) is 14.1. The summed E-state index contributed by atoms with van der Waals surface area (Å²) in [5, 5.41) is 16.0. The average molecular weight is 552 g/mol. The summed E-state index contributed by atoms with van der Waals surface area (Å²) in [6, 6.07) is 5.47. The highest BCUT2D eigenvalue weighted by Gasteiger charge is 2.38. The number of nitrogens with zero attached hydrogens (tertiary/aromatic N) is 3. The number of benzene rings is 1. The van der Waals surface area contributed by atoms with E-state index < -0.39 is 50.9 Å². The van der Waals surface area contributed by atoms with Gasteiger partial charge in [-0.3, -0.25) is 10.2 Å². The van der Waals surface area contributed by atoms with E-state index >= 15 is 0 Å². The molecular formula is C21H25ClF3N5O5S. The Bertz CT molecular complexity index is 1230. The molecule has 1 aromatic carbocycles. The molecule has 0 radical (unpaired) electrons. The van der Waals surface area contributed by atoms with Crippen LogP contribution in [-0.4, -0.2) is 80.4 Å². The second-order valence-corrected chi connectivity index (χ2v) is 9.77. The van der Waals surface area contributed by atoms with E-state index in [4.69, 9.17) is 26.2 Å². The fourth-order valence-corrected chi connectivity index (χ4v) is 3.76. The minimum Gasteiger partial charge on any atom is -0.463 e. The van der Waals surface area contributed by atoms with Gasteiger partial charge in [-0.1, -0.05) is 31.5 Å². The highest BCUT2D eigenvalue weighted by atomic mass is 35.5. The second-order valence-electron chi connectivity index (χ2n) is 7.38. The summed E-state index contributed by atoms with van der Waals surface area (Å²) in [6.07, 6.45) is -4.10. The molecule has 2 N–H and O–H groups in total. The molecule has 36 heavy (non-hydrogen) atoms. The molecule has 0 aliphatic heterocycles. The number of hydrogen-bond acceptors (Lipinski definition) is 10. The third-order valence-corrected chi connectivity index (χ3v) is 6.33. The molecule has 0 amide bonds. The lowest BCUT2D eigenvalue weighted by Crippen LogP contribution is -2.31. The van der Waals surface area contributed by atoms with E-state index in [0.29, 0.717) is 6.54 Å². The third kappa shape index (κ3) is 8.03. The molecule has 0 aliphatic rings. The van der Waals surface area contributed by atoms with Crippen LogP contribution < -0.4 is 5.32 Å². The summed E-state index contributed by atoms with van der Waals surface area (Å²) < 4.78 is 73.5. The quantitative estimate of drug-likeness (QED) is 0.301. The predicted octanol–water partition coefficient (Wildman–Crippen LogP) is 3.10. The van der Waals surface area contributed by atoms with Gasteiger partial charge >= 0.3 is 12.1 Å². The maximum atomic E-state index is 13.1. The van der Waals surface area contributed by atoms with Gasteiger partial charge < -0.3 is 19.4 Å². The molecular weight excluding hydrogens is 527 g/mol. The fourth-order valence-electron chi connectivity index (χ4n) is 2.84. The van der Waals surface area contributed by atoms with Crippen molar-refractivity contribution in [1.82, 2.24) is 20.4 Å². The van der Waals surface area contributed by atoms with Crippen LogP contribution in [0.5, 0.6) is 0 Å².